The molecule has 16 heavy (non-hydrogen) atoms. The van der Waals surface area contributed by atoms with Gasteiger partial charge >= 0.3 is 5.97 Å². The summed E-state index contributed by atoms with van der Waals surface area (Å²) in [5.41, 5.74) is 0.564. The Hall–Kier alpha value is -1.03. The van der Waals surface area contributed by atoms with Crippen LogP contribution in [0.3, 0.4) is 0 Å². The Balaban J connectivity index is 2.28. The number of rotatable bonds is 1. The van der Waals surface area contributed by atoms with Gasteiger partial charge in [0.25, 0.3) is 0 Å². The van der Waals surface area contributed by atoms with Crippen molar-refractivity contribution >= 4 is 5.97 Å². The SMILES string of the molecule is COC(=O)C1=COC(C)C2C1CC(O)C2C. The molecule has 4 heteroatoms. The molecule has 5 unspecified atom stereocenters. The first-order chi connectivity index (χ1) is 7.56. The number of fused-ring (bicyclic) bond motifs is 1. The fourth-order valence-electron chi connectivity index (χ4n) is 3.02. The fraction of sp³-hybridized carbons (Fsp3) is 0.750. The monoisotopic (exact) mass is 226 g/mol. The van der Waals surface area contributed by atoms with E-state index in [1.54, 1.807) is 0 Å². The van der Waals surface area contributed by atoms with E-state index >= 15 is 0 Å². The van der Waals surface area contributed by atoms with Gasteiger partial charge in [0.1, 0.15) is 0 Å². The van der Waals surface area contributed by atoms with Crippen LogP contribution >= 0.6 is 0 Å². The largest absolute Gasteiger partial charge is 0.497 e. The van der Waals surface area contributed by atoms with Crippen LogP contribution < -0.4 is 0 Å². The minimum Gasteiger partial charge on any atom is -0.497 e. The van der Waals surface area contributed by atoms with Crippen molar-refractivity contribution in [3.8, 4) is 0 Å². The van der Waals surface area contributed by atoms with E-state index in [4.69, 9.17) is 9.47 Å². The molecule has 0 spiro atoms. The van der Waals surface area contributed by atoms with Crippen molar-refractivity contribution in [3.05, 3.63) is 11.8 Å². The topological polar surface area (TPSA) is 55.8 Å². The van der Waals surface area contributed by atoms with Gasteiger partial charge in [0.2, 0.25) is 0 Å². The van der Waals surface area contributed by atoms with E-state index in [0.717, 1.165) is 0 Å². The lowest BCUT2D eigenvalue weighted by Crippen LogP contribution is -2.34. The zero-order chi connectivity index (χ0) is 11.9. The zero-order valence-corrected chi connectivity index (χ0v) is 9.84. The summed E-state index contributed by atoms with van der Waals surface area (Å²) >= 11 is 0. The third-order valence-electron chi connectivity index (χ3n) is 3.95. The standard InChI is InChI=1S/C12H18O4/c1-6-10(13)4-8-9(12(14)15-3)5-16-7(2)11(6)8/h5-8,10-11,13H,4H2,1-3H3. The van der Waals surface area contributed by atoms with Crippen LogP contribution in [0.5, 0.6) is 0 Å². The van der Waals surface area contributed by atoms with Crippen molar-refractivity contribution in [1.29, 1.82) is 0 Å². The smallest absolute Gasteiger partial charge is 0.337 e. The van der Waals surface area contributed by atoms with Gasteiger partial charge in [0.15, 0.2) is 0 Å². The van der Waals surface area contributed by atoms with Crippen LogP contribution in [0.25, 0.3) is 0 Å². The van der Waals surface area contributed by atoms with E-state index in [0.29, 0.717) is 12.0 Å². The van der Waals surface area contributed by atoms with Gasteiger partial charge in [-0.1, -0.05) is 6.92 Å². The number of esters is 1. The van der Waals surface area contributed by atoms with Crippen LogP contribution in [-0.2, 0) is 14.3 Å². The van der Waals surface area contributed by atoms with Crippen molar-refractivity contribution in [2.75, 3.05) is 7.11 Å². The third-order valence-corrected chi connectivity index (χ3v) is 3.95. The number of carbonyl (C=O) groups excluding carboxylic acids is 1. The third kappa shape index (κ3) is 1.61. The van der Waals surface area contributed by atoms with Gasteiger partial charge in [-0.25, -0.2) is 4.79 Å². The summed E-state index contributed by atoms with van der Waals surface area (Å²) in [6.45, 7) is 3.99. The van der Waals surface area contributed by atoms with Gasteiger partial charge in [-0.2, -0.15) is 0 Å². The van der Waals surface area contributed by atoms with Crippen LogP contribution in [0.2, 0.25) is 0 Å². The van der Waals surface area contributed by atoms with Crippen molar-refractivity contribution in [1.82, 2.24) is 0 Å². The predicted octanol–water partition coefficient (Wildman–Crippen LogP) is 1.10. The second-order valence-electron chi connectivity index (χ2n) is 4.75. The molecule has 0 aromatic rings. The van der Waals surface area contributed by atoms with E-state index in [1.807, 2.05) is 13.8 Å². The highest BCUT2D eigenvalue weighted by atomic mass is 16.5. The molecule has 4 nitrogen and oxygen atoms in total. The normalized spacial score (nSPS) is 42.0. The quantitative estimate of drug-likeness (QED) is 0.680. The van der Waals surface area contributed by atoms with E-state index in [-0.39, 0.29) is 35.9 Å². The maximum Gasteiger partial charge on any atom is 0.337 e. The molecule has 0 saturated heterocycles. The van der Waals surface area contributed by atoms with Crippen LogP contribution in [0.4, 0.5) is 0 Å². The summed E-state index contributed by atoms with van der Waals surface area (Å²) < 4.78 is 10.2. The summed E-state index contributed by atoms with van der Waals surface area (Å²) in [5, 5.41) is 9.88. The molecule has 90 valence electrons. The molecular formula is C12H18O4. The second-order valence-corrected chi connectivity index (χ2v) is 4.75. The summed E-state index contributed by atoms with van der Waals surface area (Å²) in [4.78, 5) is 11.6. The number of aliphatic hydroxyl groups excluding tert-OH is 1. The number of ether oxygens (including phenoxy) is 2. The Morgan fingerprint density at radius 1 is 1.56 bits per heavy atom. The van der Waals surface area contributed by atoms with Crippen molar-refractivity contribution in [2.45, 2.75) is 32.5 Å². The molecule has 0 amide bonds. The number of hydrogen-bond acceptors (Lipinski definition) is 4. The highest BCUT2D eigenvalue weighted by Crippen LogP contribution is 2.46. The fourth-order valence-corrected chi connectivity index (χ4v) is 3.02. The zero-order valence-electron chi connectivity index (χ0n) is 9.84. The molecule has 0 aromatic heterocycles. The van der Waals surface area contributed by atoms with Gasteiger partial charge in [0.05, 0.1) is 31.2 Å². The molecular weight excluding hydrogens is 208 g/mol. The van der Waals surface area contributed by atoms with E-state index in [9.17, 15) is 9.90 Å². The molecule has 2 rings (SSSR count). The van der Waals surface area contributed by atoms with Gasteiger partial charge < -0.3 is 14.6 Å². The molecule has 1 fully saturated rings. The Morgan fingerprint density at radius 3 is 2.88 bits per heavy atom. The summed E-state index contributed by atoms with van der Waals surface area (Å²) in [7, 11) is 1.37. The first kappa shape index (κ1) is 11.5. The summed E-state index contributed by atoms with van der Waals surface area (Å²) in [6, 6.07) is 0. The number of hydrogen-bond donors (Lipinski definition) is 1. The number of carbonyl (C=O) groups is 1. The van der Waals surface area contributed by atoms with Crippen LogP contribution in [0.15, 0.2) is 11.8 Å². The number of aliphatic hydroxyl groups is 1. The molecule has 1 aliphatic carbocycles. The van der Waals surface area contributed by atoms with Crippen LogP contribution in [-0.4, -0.2) is 30.4 Å². The van der Waals surface area contributed by atoms with Crippen LogP contribution in [0, 0.1) is 17.8 Å². The summed E-state index contributed by atoms with van der Waals surface area (Å²) in [6.07, 6.45) is 1.82. The Morgan fingerprint density at radius 2 is 2.25 bits per heavy atom. The molecule has 2 aliphatic rings. The Kier molecular flexibility index (Phi) is 2.93. The van der Waals surface area contributed by atoms with Gasteiger partial charge in [0, 0.05) is 11.8 Å². The lowest BCUT2D eigenvalue weighted by atomic mass is 9.80. The van der Waals surface area contributed by atoms with Gasteiger partial charge in [-0.3, -0.25) is 0 Å². The molecule has 1 N–H and O–H groups in total. The number of methoxy groups -OCH3 is 1. The van der Waals surface area contributed by atoms with Crippen molar-refractivity contribution in [2.24, 2.45) is 17.8 Å². The minimum absolute atomic E-state index is 0.0468. The Bertz CT molecular complexity index is 323. The molecule has 1 saturated carbocycles. The predicted molar refractivity (Wildman–Crippen MR) is 57.4 cm³/mol. The molecule has 0 aromatic carbocycles. The molecule has 1 heterocycles. The van der Waals surface area contributed by atoms with E-state index in [1.165, 1.54) is 13.4 Å². The van der Waals surface area contributed by atoms with Crippen molar-refractivity contribution in [3.63, 3.8) is 0 Å². The second kappa shape index (κ2) is 4.09. The molecule has 0 radical (unpaired) electrons. The molecule has 0 bridgehead atoms. The highest BCUT2D eigenvalue weighted by Gasteiger charge is 2.48. The van der Waals surface area contributed by atoms with Crippen molar-refractivity contribution < 1.29 is 19.4 Å². The van der Waals surface area contributed by atoms with Gasteiger partial charge in [-0.15, -0.1) is 0 Å². The maximum atomic E-state index is 11.6. The lowest BCUT2D eigenvalue weighted by molar-refractivity contribution is -0.138. The van der Waals surface area contributed by atoms with E-state index in [2.05, 4.69) is 0 Å². The minimum atomic E-state index is -0.354. The van der Waals surface area contributed by atoms with Crippen LogP contribution in [0.1, 0.15) is 20.3 Å². The highest BCUT2D eigenvalue weighted by molar-refractivity contribution is 5.89. The lowest BCUT2D eigenvalue weighted by Gasteiger charge is -2.33. The molecule has 1 aliphatic heterocycles. The average Bonchev–Trinajstić information content (AvgIpc) is 2.56. The average molecular weight is 226 g/mol. The van der Waals surface area contributed by atoms with Gasteiger partial charge in [-0.05, 0) is 19.3 Å². The first-order valence-electron chi connectivity index (χ1n) is 5.68. The molecule has 5 atom stereocenters. The van der Waals surface area contributed by atoms with E-state index < -0.39 is 0 Å². The first-order valence-corrected chi connectivity index (χ1v) is 5.68. The Labute approximate surface area is 95.2 Å². The summed E-state index contributed by atoms with van der Waals surface area (Å²) in [5.74, 6) is 0.0897. The maximum absolute atomic E-state index is 11.6.